The fourth-order valence-electron chi connectivity index (χ4n) is 1.68. The molecule has 0 aliphatic carbocycles. The van der Waals surface area contributed by atoms with Crippen LogP contribution in [-0.2, 0) is 13.0 Å². The highest BCUT2D eigenvalue weighted by molar-refractivity contribution is 6.30. The molecule has 2 rings (SSSR count). The molecule has 0 saturated carbocycles. The Morgan fingerprint density at radius 1 is 1.37 bits per heavy atom. The Labute approximate surface area is 117 Å². The molecule has 0 atom stereocenters. The first-order valence-corrected chi connectivity index (χ1v) is 6.69. The molecule has 0 unspecified atom stereocenters. The van der Waals surface area contributed by atoms with Gasteiger partial charge in [0.1, 0.15) is 16.8 Å². The van der Waals surface area contributed by atoms with Crippen LogP contribution in [0.5, 0.6) is 0 Å². The van der Waals surface area contributed by atoms with Crippen molar-refractivity contribution >= 4 is 17.4 Å². The molecule has 0 aromatic carbocycles. The minimum absolute atomic E-state index is 0.515. The third-order valence-electron chi connectivity index (χ3n) is 2.71. The molecule has 0 aliphatic heterocycles. The molecule has 0 fully saturated rings. The lowest BCUT2D eigenvalue weighted by molar-refractivity contribution is 0.608. The van der Waals surface area contributed by atoms with Crippen LogP contribution in [0.3, 0.4) is 0 Å². The van der Waals surface area contributed by atoms with E-state index >= 15 is 0 Å². The summed E-state index contributed by atoms with van der Waals surface area (Å²) in [5, 5.41) is 11.4. The van der Waals surface area contributed by atoms with Crippen LogP contribution in [0.15, 0.2) is 12.4 Å². The van der Waals surface area contributed by atoms with Crippen molar-refractivity contribution in [1.82, 2.24) is 25.0 Å². The number of nitrogens with zero attached hydrogens (tertiary/aromatic N) is 5. The van der Waals surface area contributed by atoms with Crippen LogP contribution in [-0.4, -0.2) is 31.5 Å². The zero-order valence-electron chi connectivity index (χ0n) is 11.1. The molecule has 7 heteroatoms. The van der Waals surface area contributed by atoms with Crippen LogP contribution in [0.4, 0.5) is 5.82 Å². The van der Waals surface area contributed by atoms with E-state index in [2.05, 4.69) is 32.5 Å². The first kappa shape index (κ1) is 13.7. The Bertz CT molecular complexity index is 525. The number of rotatable bonds is 6. The molecule has 19 heavy (non-hydrogen) atoms. The third kappa shape index (κ3) is 3.64. The summed E-state index contributed by atoms with van der Waals surface area (Å²) in [6.07, 6.45) is 5.31. The van der Waals surface area contributed by atoms with Crippen molar-refractivity contribution in [2.24, 2.45) is 0 Å². The summed E-state index contributed by atoms with van der Waals surface area (Å²) < 4.78 is 1.76. The molecule has 2 heterocycles. The number of halogens is 1. The predicted molar refractivity (Wildman–Crippen MR) is 74.3 cm³/mol. The van der Waals surface area contributed by atoms with Gasteiger partial charge in [-0.15, -0.1) is 5.10 Å². The van der Waals surface area contributed by atoms with Gasteiger partial charge in [0.2, 0.25) is 0 Å². The van der Waals surface area contributed by atoms with E-state index in [4.69, 9.17) is 11.6 Å². The number of aryl methyl sites for hydroxylation is 1. The quantitative estimate of drug-likeness (QED) is 0.821. The number of anilines is 1. The molecule has 0 saturated heterocycles. The van der Waals surface area contributed by atoms with E-state index in [9.17, 15) is 0 Å². The Morgan fingerprint density at radius 3 is 2.89 bits per heavy atom. The van der Waals surface area contributed by atoms with Crippen LogP contribution in [0.1, 0.15) is 24.7 Å². The minimum atomic E-state index is 0.515. The van der Waals surface area contributed by atoms with Crippen molar-refractivity contribution in [3.8, 4) is 0 Å². The molecule has 0 bridgehead atoms. The smallest absolute Gasteiger partial charge is 0.137 e. The number of hydrogen-bond acceptors (Lipinski definition) is 5. The van der Waals surface area contributed by atoms with E-state index < -0.39 is 0 Å². The summed E-state index contributed by atoms with van der Waals surface area (Å²) in [5.74, 6) is 1.57. The van der Waals surface area contributed by atoms with E-state index in [1.54, 1.807) is 10.9 Å². The second-order valence-corrected chi connectivity index (χ2v) is 4.61. The minimum Gasteiger partial charge on any atom is -0.368 e. The summed E-state index contributed by atoms with van der Waals surface area (Å²) in [6.45, 7) is 5.44. The van der Waals surface area contributed by atoms with Crippen LogP contribution < -0.4 is 5.32 Å². The Balaban J connectivity index is 2.02. The van der Waals surface area contributed by atoms with Gasteiger partial charge in [-0.2, -0.15) is 0 Å². The lowest BCUT2D eigenvalue weighted by Gasteiger charge is -2.11. The van der Waals surface area contributed by atoms with Crippen molar-refractivity contribution < 1.29 is 0 Å². The standard InChI is InChI=1S/C12H17ClN6/c1-3-4-10-16-11(13)9(2)12(17-10)14-5-7-19-8-6-15-18-19/h6,8H,3-5,7H2,1-2H3,(H,14,16,17). The highest BCUT2D eigenvalue weighted by Gasteiger charge is 2.08. The second-order valence-electron chi connectivity index (χ2n) is 4.25. The van der Waals surface area contributed by atoms with Gasteiger partial charge in [0.15, 0.2) is 0 Å². The van der Waals surface area contributed by atoms with Gasteiger partial charge < -0.3 is 5.32 Å². The summed E-state index contributed by atoms with van der Waals surface area (Å²) >= 11 is 6.11. The number of aromatic nitrogens is 5. The van der Waals surface area contributed by atoms with Crippen LogP contribution in [0.2, 0.25) is 5.15 Å². The monoisotopic (exact) mass is 280 g/mol. The molecule has 1 N–H and O–H groups in total. The highest BCUT2D eigenvalue weighted by atomic mass is 35.5. The van der Waals surface area contributed by atoms with Gasteiger partial charge >= 0.3 is 0 Å². The van der Waals surface area contributed by atoms with Crippen molar-refractivity contribution in [3.63, 3.8) is 0 Å². The second kappa shape index (κ2) is 6.47. The molecule has 2 aromatic rings. The lowest BCUT2D eigenvalue weighted by Crippen LogP contribution is -2.14. The van der Waals surface area contributed by atoms with Gasteiger partial charge in [-0.3, -0.25) is 4.68 Å². The van der Waals surface area contributed by atoms with E-state index in [0.29, 0.717) is 11.7 Å². The largest absolute Gasteiger partial charge is 0.368 e. The van der Waals surface area contributed by atoms with Crippen LogP contribution in [0, 0.1) is 6.92 Å². The number of hydrogen-bond donors (Lipinski definition) is 1. The maximum absolute atomic E-state index is 6.11. The summed E-state index contributed by atoms with van der Waals surface area (Å²) in [5.41, 5.74) is 0.875. The molecular formula is C12H17ClN6. The molecule has 0 radical (unpaired) electrons. The zero-order valence-corrected chi connectivity index (χ0v) is 11.9. The van der Waals surface area contributed by atoms with Gasteiger partial charge in [-0.05, 0) is 13.3 Å². The fourth-order valence-corrected chi connectivity index (χ4v) is 1.87. The Hall–Kier alpha value is -1.69. The first-order valence-electron chi connectivity index (χ1n) is 6.31. The third-order valence-corrected chi connectivity index (χ3v) is 3.08. The molecule has 0 amide bonds. The van der Waals surface area contributed by atoms with Gasteiger partial charge in [0.05, 0.1) is 12.7 Å². The average molecular weight is 281 g/mol. The first-order chi connectivity index (χ1) is 9.20. The topological polar surface area (TPSA) is 68.5 Å². The number of nitrogens with one attached hydrogen (secondary N) is 1. The molecule has 0 aliphatic rings. The normalized spacial score (nSPS) is 10.7. The van der Waals surface area contributed by atoms with Gasteiger partial charge in [-0.25, -0.2) is 9.97 Å². The average Bonchev–Trinajstić information content (AvgIpc) is 2.88. The maximum Gasteiger partial charge on any atom is 0.137 e. The van der Waals surface area contributed by atoms with E-state index in [1.807, 2.05) is 13.1 Å². The van der Waals surface area contributed by atoms with Gasteiger partial charge in [0, 0.05) is 24.7 Å². The predicted octanol–water partition coefficient (Wildman–Crippen LogP) is 2.09. The Kier molecular flexibility index (Phi) is 4.68. The molecular weight excluding hydrogens is 264 g/mol. The lowest BCUT2D eigenvalue weighted by atomic mass is 10.3. The van der Waals surface area contributed by atoms with Crippen molar-refractivity contribution in [3.05, 3.63) is 28.9 Å². The summed E-state index contributed by atoms with van der Waals surface area (Å²) in [4.78, 5) is 8.76. The van der Waals surface area contributed by atoms with Gasteiger partial charge in [0.25, 0.3) is 0 Å². The van der Waals surface area contributed by atoms with Crippen LogP contribution >= 0.6 is 11.6 Å². The van der Waals surface area contributed by atoms with Crippen molar-refractivity contribution in [1.29, 1.82) is 0 Å². The van der Waals surface area contributed by atoms with E-state index in [-0.39, 0.29) is 0 Å². The van der Waals surface area contributed by atoms with E-state index in [0.717, 1.165) is 36.6 Å². The van der Waals surface area contributed by atoms with Crippen molar-refractivity contribution in [2.75, 3.05) is 11.9 Å². The van der Waals surface area contributed by atoms with Crippen molar-refractivity contribution in [2.45, 2.75) is 33.2 Å². The fraction of sp³-hybridized carbons (Fsp3) is 0.500. The SMILES string of the molecule is CCCc1nc(Cl)c(C)c(NCCn2ccnn2)n1. The molecule has 0 spiro atoms. The van der Waals surface area contributed by atoms with Crippen LogP contribution in [0.25, 0.3) is 0 Å². The molecule has 6 nitrogen and oxygen atoms in total. The Morgan fingerprint density at radius 2 is 2.21 bits per heavy atom. The highest BCUT2D eigenvalue weighted by Crippen LogP contribution is 2.20. The molecule has 102 valence electrons. The van der Waals surface area contributed by atoms with E-state index in [1.165, 1.54) is 0 Å². The summed E-state index contributed by atoms with van der Waals surface area (Å²) in [6, 6.07) is 0. The molecule has 2 aromatic heterocycles. The maximum atomic E-state index is 6.11. The zero-order chi connectivity index (χ0) is 13.7. The summed E-state index contributed by atoms with van der Waals surface area (Å²) in [7, 11) is 0. The van der Waals surface area contributed by atoms with Gasteiger partial charge in [-0.1, -0.05) is 23.7 Å².